The number of halogens is 1. The molecule has 0 aliphatic carbocycles. The monoisotopic (exact) mass is 281 g/mol. The molecule has 17 heavy (non-hydrogen) atoms. The Labute approximate surface area is 107 Å². The van der Waals surface area contributed by atoms with E-state index in [1.165, 1.54) is 15.2 Å². The van der Waals surface area contributed by atoms with Crippen LogP contribution in [0.2, 0.25) is 0 Å². The Balaban J connectivity index is 0.00000144. The predicted molar refractivity (Wildman–Crippen MR) is 64.5 cm³/mol. The van der Waals surface area contributed by atoms with E-state index < -0.39 is 10.0 Å². The Morgan fingerprint density at radius 1 is 1.53 bits per heavy atom. The molecule has 0 saturated carbocycles. The van der Waals surface area contributed by atoms with E-state index in [0.29, 0.717) is 19.6 Å². The van der Waals surface area contributed by atoms with Crippen molar-refractivity contribution in [1.82, 2.24) is 24.6 Å². The number of nitrogens with one attached hydrogen (secondary N) is 1. The summed E-state index contributed by atoms with van der Waals surface area (Å²) in [5.74, 6) is 0. The average Bonchev–Trinajstić information content (AvgIpc) is 2.65. The summed E-state index contributed by atoms with van der Waals surface area (Å²) in [6.07, 6.45) is 1.28. The smallest absolute Gasteiger partial charge is 0.262 e. The maximum Gasteiger partial charge on any atom is 0.262 e. The zero-order valence-electron chi connectivity index (χ0n) is 9.70. The third-order valence-electron chi connectivity index (χ3n) is 2.69. The Bertz CT molecular complexity index is 474. The van der Waals surface area contributed by atoms with Crippen molar-refractivity contribution in [2.24, 2.45) is 7.05 Å². The Morgan fingerprint density at radius 2 is 2.24 bits per heavy atom. The maximum absolute atomic E-state index is 12.3. The number of hydrogen-bond donors (Lipinski definition) is 1. The van der Waals surface area contributed by atoms with Gasteiger partial charge in [-0.1, -0.05) is 5.21 Å². The third-order valence-corrected chi connectivity index (χ3v) is 4.74. The molecule has 1 aromatic heterocycles. The van der Waals surface area contributed by atoms with E-state index in [0.717, 1.165) is 0 Å². The van der Waals surface area contributed by atoms with E-state index >= 15 is 0 Å². The fraction of sp³-hybridized carbons (Fsp3) is 0.750. The van der Waals surface area contributed by atoms with Gasteiger partial charge in [0, 0.05) is 32.7 Å². The number of sulfonamides is 1. The van der Waals surface area contributed by atoms with Gasteiger partial charge in [-0.2, -0.15) is 4.31 Å². The largest absolute Gasteiger partial charge is 0.314 e. The molecule has 0 radical (unpaired) electrons. The summed E-state index contributed by atoms with van der Waals surface area (Å²) in [6, 6.07) is -0.0475. The van der Waals surface area contributed by atoms with Gasteiger partial charge in [0.2, 0.25) is 0 Å². The van der Waals surface area contributed by atoms with Gasteiger partial charge in [-0.25, -0.2) is 13.1 Å². The normalized spacial score (nSPS) is 22.1. The van der Waals surface area contributed by atoms with Crippen LogP contribution in [-0.2, 0) is 17.1 Å². The molecule has 1 atom stereocenters. The van der Waals surface area contributed by atoms with Crippen molar-refractivity contribution in [2.75, 3.05) is 19.6 Å². The summed E-state index contributed by atoms with van der Waals surface area (Å²) in [6.45, 7) is 3.71. The molecule has 0 amide bonds. The van der Waals surface area contributed by atoms with Crippen LogP contribution < -0.4 is 5.32 Å². The van der Waals surface area contributed by atoms with Gasteiger partial charge in [-0.15, -0.1) is 17.5 Å². The molecule has 0 bridgehead atoms. The summed E-state index contributed by atoms with van der Waals surface area (Å²) in [5.41, 5.74) is 0. The lowest BCUT2D eigenvalue weighted by molar-refractivity contribution is 0.282. The first kappa shape index (κ1) is 14.4. The van der Waals surface area contributed by atoms with Crippen molar-refractivity contribution in [3.63, 3.8) is 0 Å². The van der Waals surface area contributed by atoms with Crippen LogP contribution in [0.25, 0.3) is 0 Å². The first-order valence-electron chi connectivity index (χ1n) is 5.10. The zero-order valence-corrected chi connectivity index (χ0v) is 11.3. The molecule has 1 aliphatic rings. The Hall–Kier alpha value is -0.700. The SMILES string of the molecule is CC1CNCCN1S(=O)(=O)c1cnnn1C.Cl. The minimum absolute atomic E-state index is 0. The highest BCUT2D eigenvalue weighted by Gasteiger charge is 2.33. The van der Waals surface area contributed by atoms with Crippen LogP contribution in [-0.4, -0.2) is 53.4 Å². The minimum atomic E-state index is -3.47. The molecule has 2 rings (SSSR count). The van der Waals surface area contributed by atoms with Crippen LogP contribution in [0.5, 0.6) is 0 Å². The number of rotatable bonds is 2. The molecule has 2 heterocycles. The first-order valence-corrected chi connectivity index (χ1v) is 6.54. The van der Waals surface area contributed by atoms with E-state index in [1.807, 2.05) is 6.92 Å². The number of piperazine rings is 1. The molecule has 1 aliphatic heterocycles. The van der Waals surface area contributed by atoms with Crippen LogP contribution in [0.4, 0.5) is 0 Å². The lowest BCUT2D eigenvalue weighted by atomic mass is 10.3. The topological polar surface area (TPSA) is 80.1 Å². The molecule has 1 N–H and O–H groups in total. The summed E-state index contributed by atoms with van der Waals surface area (Å²) in [5, 5.41) is 10.5. The highest BCUT2D eigenvalue weighted by molar-refractivity contribution is 7.89. The fourth-order valence-electron chi connectivity index (χ4n) is 1.81. The number of aromatic nitrogens is 3. The molecule has 9 heteroatoms. The van der Waals surface area contributed by atoms with Crippen LogP contribution in [0, 0.1) is 0 Å². The molecule has 98 valence electrons. The van der Waals surface area contributed by atoms with Gasteiger partial charge < -0.3 is 5.32 Å². The van der Waals surface area contributed by atoms with E-state index in [9.17, 15) is 8.42 Å². The number of hydrogen-bond acceptors (Lipinski definition) is 5. The number of aryl methyl sites for hydroxylation is 1. The van der Waals surface area contributed by atoms with Gasteiger partial charge in [0.25, 0.3) is 10.0 Å². The average molecular weight is 282 g/mol. The second-order valence-corrected chi connectivity index (χ2v) is 5.70. The predicted octanol–water partition coefficient (Wildman–Crippen LogP) is -0.781. The lowest BCUT2D eigenvalue weighted by Gasteiger charge is -2.32. The first-order chi connectivity index (χ1) is 7.53. The molecule has 1 saturated heterocycles. The van der Waals surface area contributed by atoms with Gasteiger partial charge >= 0.3 is 0 Å². The van der Waals surface area contributed by atoms with Crippen molar-refractivity contribution in [2.45, 2.75) is 18.0 Å². The van der Waals surface area contributed by atoms with E-state index in [1.54, 1.807) is 7.05 Å². The van der Waals surface area contributed by atoms with Crippen LogP contribution >= 0.6 is 12.4 Å². The summed E-state index contributed by atoms with van der Waals surface area (Å²) in [7, 11) is -1.89. The second kappa shape index (κ2) is 5.30. The molecule has 1 unspecified atom stereocenters. The number of nitrogens with zero attached hydrogens (tertiary/aromatic N) is 4. The Morgan fingerprint density at radius 3 is 2.76 bits per heavy atom. The molecule has 1 fully saturated rings. The van der Waals surface area contributed by atoms with Crippen molar-refractivity contribution in [3.8, 4) is 0 Å². The van der Waals surface area contributed by atoms with Crippen LogP contribution in [0.15, 0.2) is 11.2 Å². The van der Waals surface area contributed by atoms with Gasteiger partial charge in [-0.3, -0.25) is 0 Å². The summed E-state index contributed by atoms with van der Waals surface area (Å²) < 4.78 is 27.3. The highest BCUT2D eigenvalue weighted by Crippen LogP contribution is 2.17. The third kappa shape index (κ3) is 2.59. The fourth-order valence-corrected chi connectivity index (χ4v) is 3.48. The molecule has 1 aromatic rings. The molecule has 7 nitrogen and oxygen atoms in total. The van der Waals surface area contributed by atoms with Gasteiger partial charge in [0.1, 0.15) is 0 Å². The summed E-state index contributed by atoms with van der Waals surface area (Å²) in [4.78, 5) is 0. The van der Waals surface area contributed by atoms with E-state index in [4.69, 9.17) is 0 Å². The molecule has 0 aromatic carbocycles. The van der Waals surface area contributed by atoms with Crippen molar-refractivity contribution >= 4 is 22.4 Å². The van der Waals surface area contributed by atoms with Gasteiger partial charge in [0.05, 0.1) is 6.20 Å². The lowest BCUT2D eigenvalue weighted by Crippen LogP contribution is -2.52. The van der Waals surface area contributed by atoms with Gasteiger partial charge in [0.15, 0.2) is 5.03 Å². The highest BCUT2D eigenvalue weighted by atomic mass is 35.5. The Kier molecular flexibility index (Phi) is 4.48. The molecular weight excluding hydrogens is 266 g/mol. The van der Waals surface area contributed by atoms with Crippen molar-refractivity contribution in [1.29, 1.82) is 0 Å². The minimum Gasteiger partial charge on any atom is -0.314 e. The zero-order chi connectivity index (χ0) is 11.8. The quantitative estimate of drug-likeness (QED) is 0.769. The van der Waals surface area contributed by atoms with Crippen LogP contribution in [0.1, 0.15) is 6.92 Å². The molecular formula is C8H16ClN5O2S. The standard InChI is InChI=1S/C8H15N5O2S.ClH/c1-7-5-9-3-4-13(7)16(14,15)8-6-10-11-12(8)2;/h6-7,9H,3-5H2,1-2H3;1H. The van der Waals surface area contributed by atoms with Crippen molar-refractivity contribution in [3.05, 3.63) is 6.20 Å². The van der Waals surface area contributed by atoms with E-state index in [-0.39, 0.29) is 23.5 Å². The second-order valence-electron chi connectivity index (χ2n) is 3.86. The van der Waals surface area contributed by atoms with Crippen LogP contribution in [0.3, 0.4) is 0 Å². The summed E-state index contributed by atoms with van der Waals surface area (Å²) >= 11 is 0. The molecule has 0 spiro atoms. The van der Waals surface area contributed by atoms with E-state index in [2.05, 4.69) is 15.6 Å². The maximum atomic E-state index is 12.3. The van der Waals surface area contributed by atoms with Crippen molar-refractivity contribution < 1.29 is 8.42 Å². The van der Waals surface area contributed by atoms with Gasteiger partial charge in [-0.05, 0) is 6.92 Å².